The molecule has 2 heterocycles. The number of anilines is 1. The van der Waals surface area contributed by atoms with Crippen LogP contribution in [0.4, 0.5) is 10.1 Å². The topological polar surface area (TPSA) is 59.1 Å². The number of phenolic OH excluding ortho intramolecular Hbond substituents is 1. The number of aromatic hydroxyl groups is 1. The third-order valence-electron chi connectivity index (χ3n) is 2.72. The first-order valence-corrected chi connectivity index (χ1v) is 6.15. The van der Waals surface area contributed by atoms with Crippen molar-refractivity contribution in [3.8, 4) is 16.9 Å². The van der Waals surface area contributed by atoms with Crippen LogP contribution in [0.2, 0.25) is 0 Å². The highest BCUT2D eigenvalue weighted by atomic mass is 32.1. The van der Waals surface area contributed by atoms with Gasteiger partial charge < -0.3 is 10.8 Å². The van der Waals surface area contributed by atoms with E-state index in [1.54, 1.807) is 6.20 Å². The standard InChI is InChI=1S/C13H9FN2OS/c14-11-4-8(17)1-2-9(11)7-3-10-12(15)6-18-13(10)16-5-7/h1-6,17H,15H2. The Bertz CT molecular complexity index is 739. The third kappa shape index (κ3) is 1.69. The number of thiophene rings is 1. The molecule has 5 heteroatoms. The maximum absolute atomic E-state index is 13.7. The van der Waals surface area contributed by atoms with Gasteiger partial charge in [-0.1, -0.05) is 0 Å². The SMILES string of the molecule is Nc1csc2ncc(-c3ccc(O)cc3F)cc12. The van der Waals surface area contributed by atoms with Crippen LogP contribution in [0, 0.1) is 5.82 Å². The molecule has 0 spiro atoms. The molecule has 0 unspecified atom stereocenters. The minimum atomic E-state index is -0.482. The molecule has 0 aliphatic heterocycles. The van der Waals surface area contributed by atoms with Crippen molar-refractivity contribution < 1.29 is 9.50 Å². The number of pyridine rings is 1. The molecule has 2 aromatic heterocycles. The minimum Gasteiger partial charge on any atom is -0.508 e. The van der Waals surface area contributed by atoms with E-state index in [1.165, 1.54) is 23.5 Å². The van der Waals surface area contributed by atoms with Gasteiger partial charge in [0.05, 0.1) is 5.69 Å². The molecule has 0 saturated carbocycles. The van der Waals surface area contributed by atoms with E-state index in [0.29, 0.717) is 16.8 Å². The maximum atomic E-state index is 13.7. The summed E-state index contributed by atoms with van der Waals surface area (Å²) in [5.74, 6) is -0.578. The molecule has 0 atom stereocenters. The summed E-state index contributed by atoms with van der Waals surface area (Å²) in [7, 11) is 0. The number of nitrogens with zero attached hydrogens (tertiary/aromatic N) is 1. The average Bonchev–Trinajstić information content (AvgIpc) is 2.71. The summed E-state index contributed by atoms with van der Waals surface area (Å²) in [6.45, 7) is 0. The quantitative estimate of drug-likeness (QED) is 0.705. The smallest absolute Gasteiger partial charge is 0.134 e. The van der Waals surface area contributed by atoms with Gasteiger partial charge in [0.1, 0.15) is 16.4 Å². The predicted octanol–water partition coefficient (Wildman–Crippen LogP) is 3.39. The van der Waals surface area contributed by atoms with Crippen LogP contribution >= 0.6 is 11.3 Å². The largest absolute Gasteiger partial charge is 0.508 e. The molecule has 0 saturated heterocycles. The summed E-state index contributed by atoms with van der Waals surface area (Å²) in [6, 6.07) is 5.86. The van der Waals surface area contributed by atoms with E-state index in [4.69, 9.17) is 5.73 Å². The van der Waals surface area contributed by atoms with Gasteiger partial charge >= 0.3 is 0 Å². The van der Waals surface area contributed by atoms with E-state index in [-0.39, 0.29) is 5.75 Å². The molecule has 0 amide bonds. The normalized spacial score (nSPS) is 10.9. The lowest BCUT2D eigenvalue weighted by atomic mass is 10.1. The zero-order chi connectivity index (χ0) is 12.7. The summed E-state index contributed by atoms with van der Waals surface area (Å²) < 4.78 is 13.7. The molecule has 3 rings (SSSR count). The summed E-state index contributed by atoms with van der Waals surface area (Å²) in [5.41, 5.74) is 7.50. The Morgan fingerprint density at radius 3 is 2.89 bits per heavy atom. The molecular formula is C13H9FN2OS. The van der Waals surface area contributed by atoms with Crippen LogP contribution in [-0.2, 0) is 0 Å². The number of nitrogen functional groups attached to an aromatic ring is 1. The van der Waals surface area contributed by atoms with E-state index in [9.17, 15) is 9.50 Å². The van der Waals surface area contributed by atoms with Gasteiger partial charge in [0.15, 0.2) is 0 Å². The molecule has 0 bridgehead atoms. The van der Waals surface area contributed by atoms with Gasteiger partial charge in [0, 0.05) is 34.2 Å². The molecule has 0 fully saturated rings. The predicted molar refractivity (Wildman–Crippen MR) is 71.1 cm³/mol. The van der Waals surface area contributed by atoms with Crippen LogP contribution in [0.15, 0.2) is 35.8 Å². The Morgan fingerprint density at radius 1 is 1.28 bits per heavy atom. The van der Waals surface area contributed by atoms with Gasteiger partial charge in [-0.15, -0.1) is 11.3 Å². The average molecular weight is 260 g/mol. The van der Waals surface area contributed by atoms with Crippen LogP contribution in [0.1, 0.15) is 0 Å². The Hall–Kier alpha value is -2.14. The zero-order valence-corrected chi connectivity index (χ0v) is 10.0. The lowest BCUT2D eigenvalue weighted by Gasteiger charge is -2.04. The Labute approximate surface area is 106 Å². The van der Waals surface area contributed by atoms with Gasteiger partial charge in [-0.2, -0.15) is 0 Å². The van der Waals surface area contributed by atoms with Crippen molar-refractivity contribution >= 4 is 27.2 Å². The van der Waals surface area contributed by atoms with Gasteiger partial charge in [0.25, 0.3) is 0 Å². The summed E-state index contributed by atoms with van der Waals surface area (Å²) in [6.07, 6.45) is 1.60. The second-order valence-electron chi connectivity index (χ2n) is 3.93. The van der Waals surface area contributed by atoms with E-state index in [0.717, 1.165) is 16.3 Å². The number of rotatable bonds is 1. The van der Waals surface area contributed by atoms with Crippen molar-refractivity contribution in [1.29, 1.82) is 0 Å². The fourth-order valence-electron chi connectivity index (χ4n) is 1.82. The van der Waals surface area contributed by atoms with Crippen molar-refractivity contribution in [3.63, 3.8) is 0 Å². The van der Waals surface area contributed by atoms with Crippen molar-refractivity contribution in [1.82, 2.24) is 4.98 Å². The second kappa shape index (κ2) is 3.96. The van der Waals surface area contributed by atoms with E-state index >= 15 is 0 Å². The molecule has 3 aromatic rings. The summed E-state index contributed by atoms with van der Waals surface area (Å²) in [4.78, 5) is 5.08. The number of hydrogen-bond acceptors (Lipinski definition) is 4. The Balaban J connectivity index is 2.21. The molecule has 1 aromatic carbocycles. The molecule has 3 N–H and O–H groups in total. The molecule has 3 nitrogen and oxygen atoms in total. The first kappa shape index (κ1) is 11.0. The van der Waals surface area contributed by atoms with Gasteiger partial charge in [-0.05, 0) is 18.2 Å². The number of halogens is 1. The summed E-state index contributed by atoms with van der Waals surface area (Å²) in [5, 5.41) is 11.8. The number of fused-ring (bicyclic) bond motifs is 1. The Morgan fingerprint density at radius 2 is 2.11 bits per heavy atom. The zero-order valence-electron chi connectivity index (χ0n) is 9.22. The highest BCUT2D eigenvalue weighted by Crippen LogP contribution is 2.32. The minimum absolute atomic E-state index is 0.0969. The van der Waals surface area contributed by atoms with Crippen molar-refractivity contribution in [2.45, 2.75) is 0 Å². The first-order chi connectivity index (χ1) is 8.65. The number of aromatic nitrogens is 1. The molecular weight excluding hydrogens is 251 g/mol. The number of benzene rings is 1. The van der Waals surface area contributed by atoms with Gasteiger partial charge in [0.2, 0.25) is 0 Å². The molecule has 0 aliphatic rings. The number of phenols is 1. The second-order valence-corrected chi connectivity index (χ2v) is 4.79. The van der Waals surface area contributed by atoms with Gasteiger partial charge in [-0.25, -0.2) is 9.37 Å². The van der Waals surface area contributed by atoms with Crippen LogP contribution < -0.4 is 5.73 Å². The van der Waals surface area contributed by atoms with Crippen LogP contribution in [0.3, 0.4) is 0 Å². The van der Waals surface area contributed by atoms with Crippen LogP contribution in [0.5, 0.6) is 5.75 Å². The van der Waals surface area contributed by atoms with Crippen LogP contribution in [0.25, 0.3) is 21.3 Å². The van der Waals surface area contributed by atoms with E-state index in [1.807, 2.05) is 11.4 Å². The van der Waals surface area contributed by atoms with E-state index in [2.05, 4.69) is 4.98 Å². The first-order valence-electron chi connectivity index (χ1n) is 5.27. The van der Waals surface area contributed by atoms with Crippen LogP contribution in [-0.4, -0.2) is 10.1 Å². The lowest BCUT2D eigenvalue weighted by Crippen LogP contribution is -1.87. The number of nitrogens with two attached hydrogens (primary N) is 1. The lowest BCUT2D eigenvalue weighted by molar-refractivity contribution is 0.469. The van der Waals surface area contributed by atoms with Crippen molar-refractivity contribution in [2.24, 2.45) is 0 Å². The molecule has 0 radical (unpaired) electrons. The third-order valence-corrected chi connectivity index (χ3v) is 3.64. The number of hydrogen-bond donors (Lipinski definition) is 2. The molecule has 90 valence electrons. The summed E-state index contributed by atoms with van der Waals surface area (Å²) >= 11 is 1.45. The fourth-order valence-corrected chi connectivity index (χ4v) is 2.60. The molecule has 18 heavy (non-hydrogen) atoms. The van der Waals surface area contributed by atoms with Crippen molar-refractivity contribution in [2.75, 3.05) is 5.73 Å². The van der Waals surface area contributed by atoms with Gasteiger partial charge in [-0.3, -0.25) is 0 Å². The van der Waals surface area contributed by atoms with Crippen molar-refractivity contribution in [3.05, 3.63) is 41.7 Å². The highest BCUT2D eigenvalue weighted by molar-refractivity contribution is 7.17. The maximum Gasteiger partial charge on any atom is 0.134 e. The monoisotopic (exact) mass is 260 g/mol. The van der Waals surface area contributed by atoms with E-state index < -0.39 is 5.82 Å². The fraction of sp³-hybridized carbons (Fsp3) is 0. The molecule has 0 aliphatic carbocycles. The highest BCUT2D eigenvalue weighted by Gasteiger charge is 2.09. The Kier molecular flexibility index (Phi) is 2.41.